The molecule has 0 atom stereocenters. The molecule has 0 spiro atoms. The Kier molecular flexibility index (Phi) is 8.00. The van der Waals surface area contributed by atoms with Gasteiger partial charge in [-0.15, -0.1) is 0 Å². The van der Waals surface area contributed by atoms with E-state index in [0.717, 1.165) is 61.9 Å². The normalized spacial score (nSPS) is 12.1. The predicted octanol–water partition coefficient (Wildman–Crippen LogP) is 6.49. The number of aryl methyl sites for hydroxylation is 1. The van der Waals surface area contributed by atoms with Gasteiger partial charge in [0.05, 0.1) is 11.6 Å². The maximum absolute atomic E-state index is 9.20. The molecule has 5 rings (SSSR count). The number of ether oxygens (including phenoxy) is 4. The van der Waals surface area contributed by atoms with E-state index in [1.807, 2.05) is 50.4 Å². The van der Waals surface area contributed by atoms with Gasteiger partial charge in [0.2, 0.25) is 0 Å². The van der Waals surface area contributed by atoms with E-state index in [1.54, 1.807) is 6.07 Å². The highest BCUT2D eigenvalue weighted by Crippen LogP contribution is 2.36. The molecule has 39 heavy (non-hydrogen) atoms. The summed E-state index contributed by atoms with van der Waals surface area (Å²) in [6.45, 7) is 6.78. The van der Waals surface area contributed by atoms with Gasteiger partial charge in [0.1, 0.15) is 37.9 Å². The molecule has 0 aliphatic carbocycles. The van der Waals surface area contributed by atoms with E-state index in [0.29, 0.717) is 38.5 Å². The minimum Gasteiger partial charge on any atom is -0.488 e. The molecule has 6 nitrogen and oxygen atoms in total. The fourth-order valence-electron chi connectivity index (χ4n) is 4.76. The molecule has 1 aliphatic heterocycles. The summed E-state index contributed by atoms with van der Waals surface area (Å²) in [5.74, 6) is 3.10. The molecule has 6 heteroatoms. The number of rotatable bonds is 9. The quantitative estimate of drug-likeness (QED) is 0.272. The minimum atomic E-state index is 0.366. The van der Waals surface area contributed by atoms with E-state index < -0.39 is 0 Å². The maximum atomic E-state index is 9.20. The third-order valence-corrected chi connectivity index (χ3v) is 6.86. The topological polar surface area (TPSA) is 72.7 Å². The highest BCUT2D eigenvalue weighted by Gasteiger charge is 2.15. The third-order valence-electron chi connectivity index (χ3n) is 6.86. The van der Waals surface area contributed by atoms with Crippen LogP contribution in [0, 0.1) is 25.2 Å². The average molecular weight is 521 g/mol. The Morgan fingerprint density at radius 1 is 0.821 bits per heavy atom. The lowest BCUT2D eigenvalue weighted by Gasteiger charge is -2.20. The summed E-state index contributed by atoms with van der Waals surface area (Å²) in [5.41, 5.74) is 8.15. The zero-order valence-corrected chi connectivity index (χ0v) is 22.5. The molecule has 4 aromatic rings. The first-order valence-corrected chi connectivity index (χ1v) is 13.1. The fourth-order valence-corrected chi connectivity index (χ4v) is 4.76. The second-order valence-electron chi connectivity index (χ2n) is 9.59. The van der Waals surface area contributed by atoms with Crippen molar-refractivity contribution in [1.82, 2.24) is 5.32 Å². The number of benzene rings is 4. The van der Waals surface area contributed by atoms with Crippen LogP contribution in [0.1, 0.15) is 33.4 Å². The summed E-state index contributed by atoms with van der Waals surface area (Å²) in [5, 5.41) is 12.4. The number of hydrogen-bond donors (Lipinski definition) is 1. The molecule has 1 heterocycles. The van der Waals surface area contributed by atoms with E-state index in [2.05, 4.69) is 48.6 Å². The standard InChI is InChI=1S/C33H32N2O4/c1-22-14-28(19-35-3)32(38-20-25-7-4-6-24(15-25)18-34)17-31(22)39-21-27-8-5-9-29(23(27)2)26-10-11-30-33(16-26)37-13-12-36-30/h4-11,14-17,35H,12-13,19-21H2,1-3H3. The van der Waals surface area contributed by atoms with Gasteiger partial charge in [0.25, 0.3) is 0 Å². The lowest BCUT2D eigenvalue weighted by Crippen LogP contribution is -2.15. The smallest absolute Gasteiger partial charge is 0.161 e. The van der Waals surface area contributed by atoms with Crippen molar-refractivity contribution in [3.8, 4) is 40.2 Å². The van der Waals surface area contributed by atoms with E-state index >= 15 is 0 Å². The van der Waals surface area contributed by atoms with Crippen LogP contribution < -0.4 is 24.3 Å². The lowest BCUT2D eigenvalue weighted by atomic mass is 9.96. The monoisotopic (exact) mass is 520 g/mol. The first kappa shape index (κ1) is 26.1. The first-order chi connectivity index (χ1) is 19.1. The van der Waals surface area contributed by atoms with E-state index in [1.165, 1.54) is 0 Å². The highest BCUT2D eigenvalue weighted by molar-refractivity contribution is 5.71. The summed E-state index contributed by atoms with van der Waals surface area (Å²) in [4.78, 5) is 0. The summed E-state index contributed by atoms with van der Waals surface area (Å²) in [6, 6.07) is 26.1. The molecular weight excluding hydrogens is 488 g/mol. The molecule has 0 radical (unpaired) electrons. The summed E-state index contributed by atoms with van der Waals surface area (Å²) >= 11 is 0. The second kappa shape index (κ2) is 11.9. The third kappa shape index (κ3) is 6.00. The van der Waals surface area contributed by atoms with Crippen LogP contribution in [0.4, 0.5) is 0 Å². The minimum absolute atomic E-state index is 0.366. The molecule has 198 valence electrons. The summed E-state index contributed by atoms with van der Waals surface area (Å²) in [7, 11) is 1.91. The second-order valence-corrected chi connectivity index (χ2v) is 9.59. The fraction of sp³-hybridized carbons (Fsp3) is 0.242. The largest absolute Gasteiger partial charge is 0.488 e. The zero-order chi connectivity index (χ0) is 27.2. The average Bonchev–Trinajstić information content (AvgIpc) is 2.97. The molecule has 1 aliphatic rings. The van der Waals surface area contributed by atoms with E-state index in [-0.39, 0.29) is 0 Å². The predicted molar refractivity (Wildman–Crippen MR) is 151 cm³/mol. The van der Waals surface area contributed by atoms with Crippen molar-refractivity contribution < 1.29 is 18.9 Å². The van der Waals surface area contributed by atoms with E-state index in [9.17, 15) is 5.26 Å². The number of hydrogen-bond acceptors (Lipinski definition) is 6. The van der Waals surface area contributed by atoms with Gasteiger partial charge in [-0.05, 0) is 84.6 Å². The molecular formula is C33H32N2O4. The molecule has 0 aromatic heterocycles. The molecule has 0 saturated carbocycles. The van der Waals surface area contributed by atoms with Gasteiger partial charge in [-0.3, -0.25) is 0 Å². The van der Waals surface area contributed by atoms with Crippen LogP contribution in [0.5, 0.6) is 23.0 Å². The van der Waals surface area contributed by atoms with Crippen LogP contribution in [-0.4, -0.2) is 20.3 Å². The van der Waals surface area contributed by atoms with Gasteiger partial charge < -0.3 is 24.3 Å². The highest BCUT2D eigenvalue weighted by atomic mass is 16.6. The Morgan fingerprint density at radius 3 is 2.44 bits per heavy atom. The van der Waals surface area contributed by atoms with Crippen LogP contribution >= 0.6 is 0 Å². The summed E-state index contributed by atoms with van der Waals surface area (Å²) in [6.07, 6.45) is 0. The van der Waals surface area contributed by atoms with Gasteiger partial charge in [0.15, 0.2) is 11.5 Å². The van der Waals surface area contributed by atoms with Crippen molar-refractivity contribution in [3.63, 3.8) is 0 Å². The van der Waals surface area contributed by atoms with Crippen molar-refractivity contribution >= 4 is 0 Å². The van der Waals surface area contributed by atoms with Gasteiger partial charge in [0, 0.05) is 18.2 Å². The van der Waals surface area contributed by atoms with Gasteiger partial charge in [-0.1, -0.05) is 36.4 Å². The van der Waals surface area contributed by atoms with Crippen LogP contribution in [0.2, 0.25) is 0 Å². The van der Waals surface area contributed by atoms with Crippen LogP contribution in [-0.2, 0) is 19.8 Å². The van der Waals surface area contributed by atoms with Crippen molar-refractivity contribution in [2.24, 2.45) is 0 Å². The van der Waals surface area contributed by atoms with Gasteiger partial charge in [-0.2, -0.15) is 5.26 Å². The summed E-state index contributed by atoms with van der Waals surface area (Å²) < 4.78 is 24.0. The van der Waals surface area contributed by atoms with E-state index in [4.69, 9.17) is 18.9 Å². The molecule has 1 N–H and O–H groups in total. The number of nitrogens with one attached hydrogen (secondary N) is 1. The molecule has 4 aromatic carbocycles. The lowest BCUT2D eigenvalue weighted by molar-refractivity contribution is 0.171. The maximum Gasteiger partial charge on any atom is 0.161 e. The van der Waals surface area contributed by atoms with Crippen LogP contribution in [0.15, 0.2) is 72.8 Å². The Bertz CT molecular complexity index is 1520. The Morgan fingerprint density at radius 2 is 1.62 bits per heavy atom. The van der Waals surface area contributed by atoms with Crippen LogP contribution in [0.25, 0.3) is 11.1 Å². The molecule has 0 amide bonds. The van der Waals surface area contributed by atoms with Crippen molar-refractivity contribution in [2.45, 2.75) is 33.6 Å². The number of nitrogens with zero attached hydrogens (tertiary/aromatic N) is 1. The Labute approximate surface area is 229 Å². The molecule has 0 fully saturated rings. The SMILES string of the molecule is CNCc1cc(C)c(OCc2cccc(-c3ccc4c(c3)OCCO4)c2C)cc1OCc1cccc(C#N)c1. The first-order valence-electron chi connectivity index (χ1n) is 13.1. The Balaban J connectivity index is 1.35. The van der Waals surface area contributed by atoms with Crippen molar-refractivity contribution in [3.05, 3.63) is 106 Å². The van der Waals surface area contributed by atoms with Gasteiger partial charge >= 0.3 is 0 Å². The number of fused-ring (bicyclic) bond motifs is 1. The zero-order valence-electron chi connectivity index (χ0n) is 22.5. The Hall–Kier alpha value is -4.47. The molecule has 0 saturated heterocycles. The molecule has 0 bridgehead atoms. The number of nitriles is 1. The molecule has 0 unspecified atom stereocenters. The van der Waals surface area contributed by atoms with Gasteiger partial charge in [-0.25, -0.2) is 0 Å². The van der Waals surface area contributed by atoms with Crippen molar-refractivity contribution in [1.29, 1.82) is 5.26 Å². The van der Waals surface area contributed by atoms with Crippen LogP contribution in [0.3, 0.4) is 0 Å². The van der Waals surface area contributed by atoms with Crippen molar-refractivity contribution in [2.75, 3.05) is 20.3 Å².